The summed E-state index contributed by atoms with van der Waals surface area (Å²) < 4.78 is 6.01. The number of benzene rings is 4. The van der Waals surface area contributed by atoms with E-state index in [1.807, 2.05) is 55.5 Å². The summed E-state index contributed by atoms with van der Waals surface area (Å²) >= 11 is 0. The summed E-state index contributed by atoms with van der Waals surface area (Å²) in [4.78, 5) is 25.7. The highest BCUT2D eigenvalue weighted by molar-refractivity contribution is 5.99. The van der Waals surface area contributed by atoms with E-state index in [2.05, 4.69) is 74.8 Å². The lowest BCUT2D eigenvalue weighted by molar-refractivity contribution is 0.200. The summed E-state index contributed by atoms with van der Waals surface area (Å²) in [6.07, 6.45) is 1.03. The zero-order valence-corrected chi connectivity index (χ0v) is 24.8. The molecule has 2 heterocycles. The minimum Gasteiger partial charge on any atom is -0.492 e. The number of imidazole rings is 1. The number of ether oxygens (including phenoxy) is 1. The molecule has 1 aromatic heterocycles. The van der Waals surface area contributed by atoms with Crippen LogP contribution < -0.4 is 20.3 Å². The number of hydrogen-bond acceptors (Lipinski definition) is 5. The van der Waals surface area contributed by atoms with Crippen molar-refractivity contribution in [2.75, 3.05) is 54.9 Å². The number of aromatic nitrogens is 2. The molecule has 1 aliphatic heterocycles. The number of fused-ring (bicyclic) bond motifs is 1. The summed E-state index contributed by atoms with van der Waals surface area (Å²) in [5, 5.41) is 5.72. The van der Waals surface area contributed by atoms with Crippen molar-refractivity contribution in [3.63, 3.8) is 0 Å². The second-order valence-corrected chi connectivity index (χ2v) is 11.0. The van der Waals surface area contributed by atoms with Gasteiger partial charge in [-0.2, -0.15) is 0 Å². The Kier molecular flexibility index (Phi) is 8.56. The number of aryl methyl sites for hydroxylation is 2. The fraction of sp³-hybridized carbons (Fsp3) is 0.257. The maximum atomic E-state index is 12.3. The van der Waals surface area contributed by atoms with E-state index in [1.54, 1.807) is 0 Å². The molecule has 220 valence electrons. The number of nitrogens with one attached hydrogen (secondary N) is 3. The van der Waals surface area contributed by atoms with Gasteiger partial charge in [-0.3, -0.25) is 4.90 Å². The summed E-state index contributed by atoms with van der Waals surface area (Å²) in [6, 6.07) is 29.9. The third kappa shape index (κ3) is 6.98. The number of nitrogens with zero attached hydrogens (tertiary/aromatic N) is 3. The SMILES string of the molecule is CCc1ccc(-c2nc3c(N4CCN(CCOc5ccc(NC(=O)Nc6cccc(C)c6)cc5)CC4)cccc3[nH]2)cc1. The van der Waals surface area contributed by atoms with Gasteiger partial charge in [0.1, 0.15) is 23.7 Å². The first kappa shape index (κ1) is 28.3. The maximum absolute atomic E-state index is 12.3. The van der Waals surface area contributed by atoms with Crippen LogP contribution in [0.25, 0.3) is 22.4 Å². The highest BCUT2D eigenvalue weighted by atomic mass is 16.5. The lowest BCUT2D eigenvalue weighted by Crippen LogP contribution is -2.47. The predicted octanol–water partition coefficient (Wildman–Crippen LogP) is 6.95. The van der Waals surface area contributed by atoms with Crippen molar-refractivity contribution < 1.29 is 9.53 Å². The number of H-pyrrole nitrogens is 1. The van der Waals surface area contributed by atoms with E-state index in [4.69, 9.17) is 9.72 Å². The zero-order valence-electron chi connectivity index (χ0n) is 24.8. The topological polar surface area (TPSA) is 85.5 Å². The van der Waals surface area contributed by atoms with Crippen LogP contribution in [0.1, 0.15) is 18.1 Å². The fourth-order valence-electron chi connectivity index (χ4n) is 5.46. The number of carbonyl (C=O) groups excluding carboxylic acids is 1. The first-order valence-electron chi connectivity index (χ1n) is 15.0. The van der Waals surface area contributed by atoms with Crippen molar-refractivity contribution in [2.45, 2.75) is 20.3 Å². The molecule has 0 radical (unpaired) electrons. The summed E-state index contributed by atoms with van der Waals surface area (Å²) in [6.45, 7) is 9.45. The Morgan fingerprint density at radius 2 is 1.63 bits per heavy atom. The third-order valence-corrected chi connectivity index (χ3v) is 7.90. The van der Waals surface area contributed by atoms with Crippen molar-refractivity contribution in [1.82, 2.24) is 14.9 Å². The van der Waals surface area contributed by atoms with Gasteiger partial charge in [-0.25, -0.2) is 9.78 Å². The molecule has 6 rings (SSSR count). The van der Waals surface area contributed by atoms with Gasteiger partial charge in [-0.05, 0) is 73.0 Å². The molecule has 8 heteroatoms. The van der Waals surface area contributed by atoms with E-state index in [0.29, 0.717) is 12.3 Å². The van der Waals surface area contributed by atoms with Crippen LogP contribution in [0.5, 0.6) is 5.75 Å². The van der Waals surface area contributed by atoms with Gasteiger partial charge in [0.15, 0.2) is 0 Å². The first-order valence-corrected chi connectivity index (χ1v) is 15.0. The van der Waals surface area contributed by atoms with Crippen LogP contribution in [0.4, 0.5) is 21.9 Å². The number of anilines is 3. The normalized spacial score (nSPS) is 13.7. The highest BCUT2D eigenvalue weighted by Gasteiger charge is 2.20. The number of amides is 2. The van der Waals surface area contributed by atoms with Crippen LogP contribution in [0.3, 0.4) is 0 Å². The molecule has 1 fully saturated rings. The van der Waals surface area contributed by atoms with Crippen molar-refractivity contribution in [3.8, 4) is 17.1 Å². The number of rotatable bonds is 9. The average Bonchev–Trinajstić information content (AvgIpc) is 3.47. The van der Waals surface area contributed by atoms with E-state index in [1.165, 1.54) is 11.3 Å². The molecule has 0 saturated carbocycles. The number of carbonyl (C=O) groups is 1. The van der Waals surface area contributed by atoms with Crippen molar-refractivity contribution in [3.05, 3.63) is 102 Å². The molecule has 5 aromatic rings. The maximum Gasteiger partial charge on any atom is 0.323 e. The Hall–Kier alpha value is -4.82. The van der Waals surface area contributed by atoms with Gasteiger partial charge in [-0.15, -0.1) is 0 Å². The van der Waals surface area contributed by atoms with Crippen LogP contribution in [0.2, 0.25) is 0 Å². The number of piperazine rings is 1. The lowest BCUT2D eigenvalue weighted by atomic mass is 10.1. The molecule has 4 aromatic carbocycles. The third-order valence-electron chi connectivity index (χ3n) is 7.90. The van der Waals surface area contributed by atoms with Crippen LogP contribution >= 0.6 is 0 Å². The monoisotopic (exact) mass is 574 g/mol. The molecule has 0 atom stereocenters. The molecule has 43 heavy (non-hydrogen) atoms. The quantitative estimate of drug-likeness (QED) is 0.177. The van der Waals surface area contributed by atoms with Crippen molar-refractivity contribution in [2.24, 2.45) is 0 Å². The molecule has 3 N–H and O–H groups in total. The fourth-order valence-corrected chi connectivity index (χ4v) is 5.46. The molecule has 1 aliphatic rings. The largest absolute Gasteiger partial charge is 0.492 e. The summed E-state index contributed by atoms with van der Waals surface area (Å²) in [5.41, 5.74) is 8.28. The Labute approximate surface area is 252 Å². The number of para-hydroxylation sites is 1. The van der Waals surface area contributed by atoms with Crippen LogP contribution in [0.15, 0.2) is 91.0 Å². The van der Waals surface area contributed by atoms with Crippen LogP contribution in [-0.2, 0) is 6.42 Å². The summed E-state index contributed by atoms with van der Waals surface area (Å²) in [7, 11) is 0. The average molecular weight is 575 g/mol. The van der Waals surface area contributed by atoms with E-state index in [0.717, 1.165) is 78.6 Å². The van der Waals surface area contributed by atoms with E-state index in [-0.39, 0.29) is 6.03 Å². The van der Waals surface area contributed by atoms with Gasteiger partial charge in [0.25, 0.3) is 0 Å². The molecule has 0 unspecified atom stereocenters. The van der Waals surface area contributed by atoms with Gasteiger partial charge in [0.05, 0.1) is 11.2 Å². The zero-order chi connectivity index (χ0) is 29.6. The van der Waals surface area contributed by atoms with Gasteiger partial charge in [0.2, 0.25) is 0 Å². The first-order chi connectivity index (χ1) is 21.0. The van der Waals surface area contributed by atoms with E-state index < -0.39 is 0 Å². The molecule has 8 nitrogen and oxygen atoms in total. The van der Waals surface area contributed by atoms with Gasteiger partial charge < -0.3 is 25.3 Å². The Balaban J connectivity index is 0.970. The lowest BCUT2D eigenvalue weighted by Gasteiger charge is -2.36. The van der Waals surface area contributed by atoms with Gasteiger partial charge in [-0.1, -0.05) is 49.4 Å². The molecule has 1 saturated heterocycles. The molecule has 0 spiro atoms. The summed E-state index contributed by atoms with van der Waals surface area (Å²) in [5.74, 6) is 1.70. The smallest absolute Gasteiger partial charge is 0.323 e. The second-order valence-electron chi connectivity index (χ2n) is 11.0. The second kappa shape index (κ2) is 13.0. The molecule has 0 aliphatic carbocycles. The number of hydrogen-bond donors (Lipinski definition) is 3. The minimum atomic E-state index is -0.274. The van der Waals surface area contributed by atoms with Crippen LogP contribution in [-0.4, -0.2) is 60.2 Å². The number of urea groups is 1. The van der Waals surface area contributed by atoms with Crippen molar-refractivity contribution in [1.29, 1.82) is 0 Å². The molecule has 0 bridgehead atoms. The van der Waals surface area contributed by atoms with Crippen molar-refractivity contribution >= 4 is 34.1 Å². The van der Waals surface area contributed by atoms with Crippen LogP contribution in [0, 0.1) is 6.92 Å². The molecular formula is C35H38N6O2. The van der Waals surface area contributed by atoms with E-state index >= 15 is 0 Å². The minimum absolute atomic E-state index is 0.274. The van der Waals surface area contributed by atoms with Gasteiger partial charge >= 0.3 is 6.03 Å². The standard InChI is InChI=1S/C35H38N6O2/c1-3-26-10-12-27(13-11-26)34-38-31-8-5-9-32(33(31)39-34)41-20-18-40(19-21-41)22-23-43-30-16-14-28(15-17-30)36-35(42)37-29-7-4-6-25(2)24-29/h4-17,24H,3,18-23H2,1-2H3,(H,38,39)(H2,36,37,42). The Morgan fingerprint density at radius 3 is 2.37 bits per heavy atom. The highest BCUT2D eigenvalue weighted by Crippen LogP contribution is 2.29. The van der Waals surface area contributed by atoms with E-state index in [9.17, 15) is 4.79 Å². The Bertz CT molecular complexity index is 1670. The molecule has 2 amide bonds. The Morgan fingerprint density at radius 1 is 0.884 bits per heavy atom. The predicted molar refractivity (Wildman–Crippen MR) is 175 cm³/mol. The van der Waals surface area contributed by atoms with Gasteiger partial charge in [0, 0.05) is 49.7 Å². The molecular weight excluding hydrogens is 536 g/mol. The number of aromatic amines is 1.